The molecular weight excluding hydrogens is 906 g/mol. The number of fused-ring (bicyclic) bond motifs is 5. The van der Waals surface area contributed by atoms with Gasteiger partial charge in [-0.3, -0.25) is 43.3 Å². The molecule has 0 saturated carbocycles. The average Bonchev–Trinajstić information content (AvgIpc) is 3.84. The Balaban J connectivity index is 0.966. The average molecular weight is 962 g/mol. The van der Waals surface area contributed by atoms with Crippen molar-refractivity contribution in [1.82, 2.24) is 35.7 Å². The van der Waals surface area contributed by atoms with Gasteiger partial charge in [-0.2, -0.15) is 0 Å². The highest BCUT2D eigenvalue weighted by Gasteiger charge is 2.45. The van der Waals surface area contributed by atoms with Crippen molar-refractivity contribution in [2.75, 3.05) is 26.5 Å². The number of amides is 6. The van der Waals surface area contributed by atoms with Crippen LogP contribution in [0.2, 0.25) is 0 Å². The number of pyridine rings is 2. The highest BCUT2D eigenvalue weighted by atomic mass is 19.1. The largest absolute Gasteiger partial charge is 0.490 e. The van der Waals surface area contributed by atoms with E-state index in [1.54, 1.807) is 32.9 Å². The smallest absolute Gasteiger partial charge is 0.343 e. The predicted molar refractivity (Wildman–Crippen MR) is 241 cm³/mol. The number of imide groups is 1. The maximum absolute atomic E-state index is 15.5. The quantitative estimate of drug-likeness (QED) is 0.0265. The molecule has 0 radical (unpaired) electrons. The zero-order chi connectivity index (χ0) is 50.3. The Hall–Kier alpha value is -7.07. The van der Waals surface area contributed by atoms with Gasteiger partial charge in [0.1, 0.15) is 31.5 Å². The first kappa shape index (κ1) is 51.3. The maximum atomic E-state index is 15.5. The van der Waals surface area contributed by atoms with Gasteiger partial charge >= 0.3 is 11.9 Å². The van der Waals surface area contributed by atoms with Crippen LogP contribution in [0.3, 0.4) is 0 Å². The lowest BCUT2D eigenvalue weighted by Gasteiger charge is -2.31. The highest BCUT2D eigenvalue weighted by Crippen LogP contribution is 2.41. The third-order valence-corrected chi connectivity index (χ3v) is 12.2. The maximum Gasteiger partial charge on any atom is 0.343 e. The summed E-state index contributed by atoms with van der Waals surface area (Å²) in [6, 6.07) is 0.808. The Labute approximate surface area is 395 Å². The van der Waals surface area contributed by atoms with E-state index < -0.39 is 94.8 Å². The number of carbonyl (C=O) groups is 8. The Kier molecular flexibility index (Phi) is 16.3. The number of nitrogens with one attached hydrogen (secondary N) is 4. The van der Waals surface area contributed by atoms with Gasteiger partial charge in [0.25, 0.3) is 17.4 Å². The molecule has 21 nitrogen and oxygen atoms in total. The summed E-state index contributed by atoms with van der Waals surface area (Å²) in [6.07, 6.45) is 2.17. The Morgan fingerprint density at radius 3 is 2.30 bits per heavy atom. The van der Waals surface area contributed by atoms with Crippen molar-refractivity contribution in [3.8, 4) is 17.1 Å². The zero-order valence-electron chi connectivity index (χ0n) is 38.9. The number of cyclic esters (lactones) is 1. The molecule has 3 aromatic rings. The van der Waals surface area contributed by atoms with Crippen LogP contribution in [0, 0.1) is 11.7 Å². The summed E-state index contributed by atoms with van der Waals surface area (Å²) >= 11 is 0. The van der Waals surface area contributed by atoms with Crippen LogP contribution in [-0.4, -0.2) is 117 Å². The fourth-order valence-corrected chi connectivity index (χ4v) is 8.38. The number of aryl methyl sites for hydroxylation is 1. The first-order valence-electron chi connectivity index (χ1n) is 22.7. The standard InChI is InChI=1S/C47H56FN7O14/c1-6-26-27-18-35(31(48)20-33(27)52-41-28(26)21-55-34(41)19-30-29(45(55)64)22-69-46(65)47(30,66)7-2)68-17-9-16-67-23-49-42(61)25(5)50-44(63)40(24(3)4)53-43(62)32(11-14-39(59)60)51-36(56)10-8-15-54-37(57)12-13-38(54)58/h12-13,18-20,24-25,32,40,66H,6-11,14-17,21-23H2,1-5H3,(H,49,61)(H,50,63)(H,51,56)(H,53,62)(H,59,60)/t25-,32-,40-,47-/m0/s1. The van der Waals surface area contributed by atoms with E-state index in [2.05, 4.69) is 21.3 Å². The number of aliphatic carboxylic acids is 1. The van der Waals surface area contributed by atoms with Gasteiger partial charge in [-0.25, -0.2) is 14.2 Å². The van der Waals surface area contributed by atoms with Gasteiger partial charge in [0, 0.05) is 60.5 Å². The van der Waals surface area contributed by atoms with Crippen LogP contribution in [0.5, 0.6) is 5.75 Å². The molecule has 1 aromatic carbocycles. The van der Waals surface area contributed by atoms with E-state index in [4.69, 9.17) is 19.2 Å². The number of hydrogen-bond donors (Lipinski definition) is 6. The van der Waals surface area contributed by atoms with Crippen LogP contribution in [-0.2, 0) is 73.0 Å². The van der Waals surface area contributed by atoms with Gasteiger partial charge in [-0.1, -0.05) is 27.7 Å². The summed E-state index contributed by atoms with van der Waals surface area (Å²) in [5.74, 6) is -7.08. The summed E-state index contributed by atoms with van der Waals surface area (Å²) in [5.41, 5.74) is 0.780. The van der Waals surface area contributed by atoms with Crippen LogP contribution < -0.4 is 31.6 Å². The van der Waals surface area contributed by atoms with Gasteiger partial charge in [0.15, 0.2) is 17.2 Å². The molecule has 370 valence electrons. The van der Waals surface area contributed by atoms with Gasteiger partial charge in [0.2, 0.25) is 23.6 Å². The summed E-state index contributed by atoms with van der Waals surface area (Å²) < 4.78 is 33.5. The molecule has 0 saturated heterocycles. The number of aliphatic hydroxyl groups is 1. The highest BCUT2D eigenvalue weighted by molar-refractivity contribution is 6.12. The zero-order valence-corrected chi connectivity index (χ0v) is 38.9. The van der Waals surface area contributed by atoms with E-state index in [-0.39, 0.29) is 82.2 Å². The van der Waals surface area contributed by atoms with E-state index in [9.17, 15) is 53.4 Å². The second-order valence-corrected chi connectivity index (χ2v) is 17.2. The monoisotopic (exact) mass is 961 g/mol. The number of esters is 1. The van der Waals surface area contributed by atoms with Gasteiger partial charge in [0.05, 0.1) is 42.2 Å². The Morgan fingerprint density at radius 2 is 1.64 bits per heavy atom. The number of ether oxygens (including phenoxy) is 3. The van der Waals surface area contributed by atoms with Crippen molar-refractivity contribution in [3.05, 3.63) is 68.8 Å². The van der Waals surface area contributed by atoms with Crippen molar-refractivity contribution in [1.29, 1.82) is 0 Å². The molecule has 4 atom stereocenters. The van der Waals surface area contributed by atoms with Crippen LogP contribution >= 0.6 is 0 Å². The topological polar surface area (TPSA) is 291 Å². The molecule has 3 aliphatic heterocycles. The van der Waals surface area contributed by atoms with E-state index in [1.807, 2.05) is 6.92 Å². The minimum absolute atomic E-state index is 0.00302. The molecule has 5 heterocycles. The lowest BCUT2D eigenvalue weighted by atomic mass is 9.86. The number of carboxylic acids is 1. The molecule has 0 fully saturated rings. The molecule has 0 bridgehead atoms. The predicted octanol–water partition coefficient (Wildman–Crippen LogP) is 1.34. The minimum Gasteiger partial charge on any atom is -0.490 e. The summed E-state index contributed by atoms with van der Waals surface area (Å²) in [4.78, 5) is 119. The van der Waals surface area contributed by atoms with Crippen LogP contribution in [0.25, 0.3) is 22.3 Å². The number of hydrogen-bond acceptors (Lipinski definition) is 14. The van der Waals surface area contributed by atoms with Crippen molar-refractivity contribution in [2.45, 2.75) is 116 Å². The van der Waals surface area contributed by atoms with Gasteiger partial charge < -0.3 is 50.3 Å². The van der Waals surface area contributed by atoms with Crippen molar-refractivity contribution < 1.29 is 67.2 Å². The summed E-state index contributed by atoms with van der Waals surface area (Å²) in [6.45, 7) is 8.02. The molecule has 0 aliphatic carbocycles. The molecule has 0 spiro atoms. The molecule has 69 heavy (non-hydrogen) atoms. The van der Waals surface area contributed by atoms with Gasteiger partial charge in [-0.15, -0.1) is 0 Å². The molecule has 0 unspecified atom stereocenters. The second-order valence-electron chi connectivity index (χ2n) is 17.2. The summed E-state index contributed by atoms with van der Waals surface area (Å²) in [7, 11) is 0. The van der Waals surface area contributed by atoms with E-state index in [0.717, 1.165) is 28.2 Å². The third kappa shape index (κ3) is 11.3. The molecular formula is C47H56FN7O14. The van der Waals surface area contributed by atoms with E-state index in [1.165, 1.54) is 17.6 Å². The number of halogens is 1. The molecule has 6 N–H and O–H groups in total. The Morgan fingerprint density at radius 1 is 0.913 bits per heavy atom. The van der Waals surface area contributed by atoms with Crippen molar-refractivity contribution in [2.24, 2.45) is 5.92 Å². The van der Waals surface area contributed by atoms with Gasteiger partial charge in [-0.05, 0) is 56.2 Å². The lowest BCUT2D eigenvalue weighted by Crippen LogP contribution is -2.57. The lowest BCUT2D eigenvalue weighted by molar-refractivity contribution is -0.172. The van der Waals surface area contributed by atoms with Crippen molar-refractivity contribution >= 4 is 58.3 Å². The third-order valence-electron chi connectivity index (χ3n) is 12.2. The van der Waals surface area contributed by atoms with E-state index >= 15 is 4.39 Å². The van der Waals surface area contributed by atoms with Crippen molar-refractivity contribution in [3.63, 3.8) is 0 Å². The fraction of sp³-hybridized carbons (Fsp3) is 0.489. The first-order valence-corrected chi connectivity index (χ1v) is 22.7. The molecule has 2 aromatic heterocycles. The number of aromatic nitrogens is 2. The molecule has 22 heteroatoms. The van der Waals surface area contributed by atoms with Crippen LogP contribution in [0.15, 0.2) is 35.1 Å². The number of rotatable bonds is 23. The summed E-state index contributed by atoms with van der Waals surface area (Å²) in [5, 5.41) is 31.1. The SMILES string of the molecule is CCc1c2c(nc3cc(F)c(OCCCOCNC(=O)[C@H](C)NC(=O)[C@@H](NC(=O)[C@H](CCC(=O)O)NC(=O)CCCN4C(=O)C=CC4=O)C(C)C)cc13)-c1cc3c(c(=O)n1C2)COC(=O)[C@]3(O)CC. The van der Waals surface area contributed by atoms with Crippen LogP contribution in [0.4, 0.5) is 4.39 Å². The normalized spacial score (nSPS) is 17.2. The minimum atomic E-state index is -1.98. The fourth-order valence-electron chi connectivity index (χ4n) is 8.38. The second kappa shape index (κ2) is 21.9. The Bertz CT molecular complexity index is 2650. The van der Waals surface area contributed by atoms with E-state index in [0.29, 0.717) is 35.1 Å². The number of carbonyl (C=O) groups excluding carboxylic acids is 7. The molecule has 6 amide bonds. The molecule has 6 rings (SSSR count). The number of carboxylic acid groups (broad SMARTS) is 1. The van der Waals surface area contributed by atoms with Crippen LogP contribution in [0.1, 0.15) is 95.4 Å². The molecule has 3 aliphatic rings. The number of benzene rings is 1. The number of nitrogens with zero attached hydrogens (tertiary/aromatic N) is 3. The first-order chi connectivity index (χ1) is 32.8.